The molecule has 0 aliphatic rings. The average Bonchev–Trinajstić information content (AvgIpc) is 3.53. The predicted octanol–water partition coefficient (Wildman–Crippen LogP) is 6.70. The summed E-state index contributed by atoms with van der Waals surface area (Å²) >= 11 is 0. The van der Waals surface area contributed by atoms with Gasteiger partial charge in [0.2, 0.25) is 0 Å². The Morgan fingerprint density at radius 3 is 2.51 bits per heavy atom. The number of aromatic nitrogens is 3. The van der Waals surface area contributed by atoms with E-state index in [1.807, 2.05) is 60.7 Å². The molecule has 0 aliphatic carbocycles. The van der Waals surface area contributed by atoms with Gasteiger partial charge in [0, 0.05) is 16.6 Å². The first-order valence-corrected chi connectivity index (χ1v) is 11.4. The topological polar surface area (TPSA) is 73.0 Å². The number of carbonyl (C=O) groups is 1. The number of fused-ring (bicyclic) bond motifs is 2. The van der Waals surface area contributed by atoms with Crippen LogP contribution < -0.4 is 5.32 Å². The average molecular weight is 459 g/mol. The maximum atomic E-state index is 12.8. The number of rotatable bonds is 4. The van der Waals surface area contributed by atoms with E-state index in [2.05, 4.69) is 53.6 Å². The minimum Gasteiger partial charge on any atom is -0.451 e. The van der Waals surface area contributed by atoms with E-state index in [-0.39, 0.29) is 11.7 Å². The maximum absolute atomic E-state index is 12.8. The van der Waals surface area contributed by atoms with Gasteiger partial charge in [-0.05, 0) is 72.8 Å². The minimum absolute atomic E-state index is 0.248. The van der Waals surface area contributed by atoms with Crippen LogP contribution in [0, 0.1) is 13.8 Å². The molecule has 0 atom stereocenters. The van der Waals surface area contributed by atoms with Crippen molar-refractivity contribution in [3.05, 3.63) is 108 Å². The molecule has 0 aliphatic heterocycles. The van der Waals surface area contributed by atoms with Crippen LogP contribution in [-0.2, 0) is 0 Å². The first-order chi connectivity index (χ1) is 17.0. The number of carbonyl (C=O) groups excluding carboxylic acids is 1. The molecule has 35 heavy (non-hydrogen) atoms. The summed E-state index contributed by atoms with van der Waals surface area (Å²) < 4.78 is 5.84. The Hall–Kier alpha value is -4.71. The summed E-state index contributed by atoms with van der Waals surface area (Å²) in [5, 5.41) is 14.4. The van der Waals surface area contributed by atoms with E-state index < -0.39 is 0 Å². The van der Waals surface area contributed by atoms with Gasteiger partial charge in [0.15, 0.2) is 5.76 Å². The Kier molecular flexibility index (Phi) is 4.92. The van der Waals surface area contributed by atoms with Crippen molar-refractivity contribution in [1.29, 1.82) is 0 Å². The van der Waals surface area contributed by atoms with Crippen LogP contribution in [0.15, 0.2) is 95.4 Å². The summed E-state index contributed by atoms with van der Waals surface area (Å²) in [7, 11) is 0. The molecule has 0 spiro atoms. The molecule has 2 heterocycles. The fourth-order valence-electron chi connectivity index (χ4n) is 4.19. The molecule has 0 fully saturated rings. The number of nitrogens with zero attached hydrogens (tertiary/aromatic N) is 3. The number of amides is 1. The summed E-state index contributed by atoms with van der Waals surface area (Å²) in [5.74, 6) is 0.588. The van der Waals surface area contributed by atoms with E-state index in [0.717, 1.165) is 27.5 Å². The highest BCUT2D eigenvalue weighted by molar-refractivity contribution is 6.03. The molecule has 2 aromatic heterocycles. The van der Waals surface area contributed by atoms with Gasteiger partial charge < -0.3 is 9.73 Å². The van der Waals surface area contributed by atoms with Gasteiger partial charge in [0.1, 0.15) is 16.8 Å². The zero-order chi connectivity index (χ0) is 23.9. The first kappa shape index (κ1) is 20.9. The normalized spacial score (nSPS) is 11.3. The largest absolute Gasteiger partial charge is 0.451 e. The summed E-state index contributed by atoms with van der Waals surface area (Å²) in [6, 6.07) is 29.3. The van der Waals surface area contributed by atoms with E-state index in [9.17, 15) is 4.79 Å². The Morgan fingerprint density at radius 2 is 1.63 bits per heavy atom. The van der Waals surface area contributed by atoms with Crippen LogP contribution in [0.2, 0.25) is 0 Å². The van der Waals surface area contributed by atoms with Crippen LogP contribution in [-0.4, -0.2) is 20.9 Å². The van der Waals surface area contributed by atoms with Gasteiger partial charge >= 0.3 is 0 Å². The molecule has 0 radical (unpaired) electrons. The lowest BCUT2D eigenvalue weighted by atomic mass is 10.1. The Morgan fingerprint density at radius 1 is 0.800 bits per heavy atom. The van der Waals surface area contributed by atoms with Gasteiger partial charge in [-0.25, -0.2) is 0 Å². The summed E-state index contributed by atoms with van der Waals surface area (Å²) in [6.07, 6.45) is 0. The van der Waals surface area contributed by atoms with Gasteiger partial charge in [-0.15, -0.1) is 15.0 Å². The second-order valence-electron chi connectivity index (χ2n) is 8.61. The Labute approximate surface area is 201 Å². The third kappa shape index (κ3) is 3.85. The van der Waals surface area contributed by atoms with Gasteiger partial charge in [-0.1, -0.05) is 48.5 Å². The molecule has 6 nitrogen and oxygen atoms in total. The predicted molar refractivity (Wildman–Crippen MR) is 138 cm³/mol. The van der Waals surface area contributed by atoms with E-state index in [0.29, 0.717) is 17.0 Å². The highest BCUT2D eigenvalue weighted by atomic mass is 16.3. The summed E-state index contributed by atoms with van der Waals surface area (Å²) in [6.45, 7) is 4.12. The van der Waals surface area contributed by atoms with Gasteiger partial charge in [0.25, 0.3) is 5.91 Å². The van der Waals surface area contributed by atoms with E-state index in [1.54, 1.807) is 10.9 Å². The standard InChI is InChI=1S/C29H22N4O2/c1-18-10-11-21(16-19(18)2)27-14-15-28(35-27)29(34)30-22-12-13-24-25(17-22)32-33(31-24)26-9-5-7-20-6-3-4-8-23(20)26/h3-17H,1-2H3,(H,30,34). The maximum Gasteiger partial charge on any atom is 0.291 e. The lowest BCUT2D eigenvalue weighted by Gasteiger charge is -2.04. The summed E-state index contributed by atoms with van der Waals surface area (Å²) in [4.78, 5) is 14.5. The third-order valence-electron chi connectivity index (χ3n) is 6.24. The quantitative estimate of drug-likeness (QED) is 0.319. The van der Waals surface area contributed by atoms with Gasteiger partial charge in [0.05, 0.1) is 5.69 Å². The monoisotopic (exact) mass is 458 g/mol. The van der Waals surface area contributed by atoms with Crippen LogP contribution in [0.5, 0.6) is 0 Å². The molecular weight excluding hydrogens is 436 g/mol. The smallest absolute Gasteiger partial charge is 0.291 e. The number of anilines is 1. The Bertz CT molecular complexity index is 1720. The van der Waals surface area contributed by atoms with E-state index in [1.165, 1.54) is 11.1 Å². The van der Waals surface area contributed by atoms with Crippen molar-refractivity contribution in [2.45, 2.75) is 13.8 Å². The second kappa shape index (κ2) is 8.25. The number of hydrogen-bond acceptors (Lipinski definition) is 4. The molecule has 6 rings (SSSR count). The molecule has 1 N–H and O–H groups in total. The molecule has 0 saturated carbocycles. The van der Waals surface area contributed by atoms with Crippen molar-refractivity contribution in [2.75, 3.05) is 5.32 Å². The summed E-state index contributed by atoms with van der Waals surface area (Å²) in [5.41, 5.74) is 6.28. The zero-order valence-corrected chi connectivity index (χ0v) is 19.3. The molecule has 1 amide bonds. The lowest BCUT2D eigenvalue weighted by Crippen LogP contribution is -2.10. The highest BCUT2D eigenvalue weighted by Gasteiger charge is 2.14. The van der Waals surface area contributed by atoms with Crippen molar-refractivity contribution in [2.24, 2.45) is 0 Å². The lowest BCUT2D eigenvalue weighted by molar-refractivity contribution is 0.0997. The molecule has 0 unspecified atom stereocenters. The van der Waals surface area contributed by atoms with Gasteiger partial charge in [-0.2, -0.15) is 0 Å². The SMILES string of the molecule is Cc1ccc(-c2ccc(C(=O)Nc3ccc4nn(-c5cccc6ccccc56)nc4c3)o2)cc1C. The Balaban J connectivity index is 1.26. The fraction of sp³-hybridized carbons (Fsp3) is 0.0690. The zero-order valence-electron chi connectivity index (χ0n) is 19.3. The fourth-order valence-corrected chi connectivity index (χ4v) is 4.19. The molecule has 0 saturated heterocycles. The molecule has 6 aromatic rings. The number of benzene rings is 4. The first-order valence-electron chi connectivity index (χ1n) is 11.4. The van der Waals surface area contributed by atoms with Crippen molar-refractivity contribution in [3.8, 4) is 17.0 Å². The highest BCUT2D eigenvalue weighted by Crippen LogP contribution is 2.26. The van der Waals surface area contributed by atoms with Crippen molar-refractivity contribution >= 4 is 33.4 Å². The van der Waals surface area contributed by atoms with Crippen molar-refractivity contribution < 1.29 is 9.21 Å². The van der Waals surface area contributed by atoms with Crippen LogP contribution in [0.3, 0.4) is 0 Å². The molecule has 170 valence electrons. The van der Waals surface area contributed by atoms with Crippen LogP contribution in [0.4, 0.5) is 5.69 Å². The molecule has 4 aromatic carbocycles. The van der Waals surface area contributed by atoms with Crippen LogP contribution in [0.25, 0.3) is 38.8 Å². The molecule has 6 heteroatoms. The van der Waals surface area contributed by atoms with Gasteiger partial charge in [-0.3, -0.25) is 4.79 Å². The number of hydrogen-bond donors (Lipinski definition) is 1. The number of furan rings is 1. The van der Waals surface area contributed by atoms with E-state index >= 15 is 0 Å². The molecular formula is C29H22N4O2. The van der Waals surface area contributed by atoms with Crippen LogP contribution >= 0.6 is 0 Å². The second-order valence-corrected chi connectivity index (χ2v) is 8.61. The van der Waals surface area contributed by atoms with Crippen molar-refractivity contribution in [3.63, 3.8) is 0 Å². The van der Waals surface area contributed by atoms with Crippen LogP contribution in [0.1, 0.15) is 21.7 Å². The minimum atomic E-state index is -0.319. The number of nitrogens with one attached hydrogen (secondary N) is 1. The van der Waals surface area contributed by atoms with Crippen molar-refractivity contribution in [1.82, 2.24) is 15.0 Å². The number of aryl methyl sites for hydroxylation is 2. The molecule has 0 bridgehead atoms. The van der Waals surface area contributed by atoms with E-state index in [4.69, 9.17) is 4.42 Å². The third-order valence-corrected chi connectivity index (χ3v) is 6.24.